The Bertz CT molecular complexity index is 287. The molecule has 1 aliphatic rings. The van der Waals surface area contributed by atoms with Gasteiger partial charge in [-0.1, -0.05) is 6.58 Å². The quantitative estimate of drug-likeness (QED) is 0.544. The zero-order valence-corrected chi connectivity index (χ0v) is 6.62. The number of hydrogen-bond acceptors (Lipinski definition) is 2. The summed E-state index contributed by atoms with van der Waals surface area (Å²) >= 11 is 0. The second-order valence-electron chi connectivity index (χ2n) is 2.81. The molecule has 2 rings (SSSR count). The number of aromatic nitrogens is 2. The van der Waals surface area contributed by atoms with Crippen LogP contribution in [0.5, 0.6) is 0 Å². The minimum absolute atomic E-state index is 0.999. The van der Waals surface area contributed by atoms with Crippen molar-refractivity contribution in [2.24, 2.45) is 0 Å². The third-order valence-electron chi connectivity index (χ3n) is 2.11. The molecule has 1 aromatic rings. The van der Waals surface area contributed by atoms with E-state index in [2.05, 4.69) is 21.0 Å². The Morgan fingerprint density at radius 3 is 3.18 bits per heavy atom. The van der Waals surface area contributed by atoms with Gasteiger partial charge in [-0.3, -0.25) is 0 Å². The first kappa shape index (κ1) is 6.46. The van der Waals surface area contributed by atoms with Crippen LogP contribution in [0.4, 0.5) is 0 Å². The van der Waals surface area contributed by atoms with Crippen molar-refractivity contribution < 1.29 is 0 Å². The lowest BCUT2D eigenvalue weighted by Crippen LogP contribution is -2.28. The second-order valence-corrected chi connectivity index (χ2v) is 2.81. The van der Waals surface area contributed by atoms with Crippen LogP contribution in [0.25, 0.3) is 5.70 Å². The summed E-state index contributed by atoms with van der Waals surface area (Å²) < 4.78 is 2.13. The number of likely N-dealkylation sites (N-methyl/N-ethyl adjacent to an activating group) is 1. The van der Waals surface area contributed by atoms with Crippen molar-refractivity contribution in [1.29, 1.82) is 0 Å². The standard InChI is InChI=1S/C8H11N3/c1-7-8-9-3-4-11(8)6-5-10(7)2/h3-4H,1,5-6H2,2H3. The van der Waals surface area contributed by atoms with Gasteiger partial charge in [0.05, 0.1) is 5.70 Å². The van der Waals surface area contributed by atoms with E-state index >= 15 is 0 Å². The molecule has 0 aliphatic carbocycles. The lowest BCUT2D eigenvalue weighted by atomic mass is 10.3. The first-order chi connectivity index (χ1) is 5.29. The molecule has 2 heterocycles. The summed E-state index contributed by atoms with van der Waals surface area (Å²) in [5, 5.41) is 0. The van der Waals surface area contributed by atoms with Gasteiger partial charge in [-0.2, -0.15) is 0 Å². The van der Waals surface area contributed by atoms with Crippen LogP contribution in [0.2, 0.25) is 0 Å². The van der Waals surface area contributed by atoms with E-state index in [1.165, 1.54) is 0 Å². The van der Waals surface area contributed by atoms with Crippen LogP contribution in [-0.4, -0.2) is 28.0 Å². The van der Waals surface area contributed by atoms with Crippen LogP contribution < -0.4 is 0 Å². The van der Waals surface area contributed by atoms with E-state index in [-0.39, 0.29) is 0 Å². The lowest BCUT2D eigenvalue weighted by Gasteiger charge is -2.27. The van der Waals surface area contributed by atoms with E-state index in [1.54, 1.807) is 0 Å². The minimum atomic E-state index is 0.999. The summed E-state index contributed by atoms with van der Waals surface area (Å²) in [5.74, 6) is 0.999. The maximum atomic E-state index is 4.21. The zero-order chi connectivity index (χ0) is 7.84. The third-order valence-corrected chi connectivity index (χ3v) is 2.11. The van der Waals surface area contributed by atoms with Gasteiger partial charge in [-0.25, -0.2) is 4.98 Å². The SMILES string of the molecule is C=C1c2nccn2CCN1C. The Morgan fingerprint density at radius 1 is 1.55 bits per heavy atom. The predicted octanol–water partition coefficient (Wildman–Crippen LogP) is 0.799. The summed E-state index contributed by atoms with van der Waals surface area (Å²) in [6, 6.07) is 0. The van der Waals surface area contributed by atoms with Gasteiger partial charge in [0.2, 0.25) is 0 Å². The van der Waals surface area contributed by atoms with Crippen LogP contribution in [0.1, 0.15) is 5.82 Å². The molecule has 0 amide bonds. The van der Waals surface area contributed by atoms with Gasteiger partial charge < -0.3 is 9.47 Å². The molecular formula is C8H11N3. The van der Waals surface area contributed by atoms with Crippen molar-refractivity contribution in [3.8, 4) is 0 Å². The monoisotopic (exact) mass is 149 g/mol. The molecule has 3 nitrogen and oxygen atoms in total. The first-order valence-electron chi connectivity index (χ1n) is 3.70. The summed E-state index contributed by atoms with van der Waals surface area (Å²) in [6.07, 6.45) is 3.81. The Labute approximate surface area is 66.0 Å². The van der Waals surface area contributed by atoms with Crippen LogP contribution >= 0.6 is 0 Å². The molecule has 0 saturated carbocycles. The maximum Gasteiger partial charge on any atom is 0.155 e. The van der Waals surface area contributed by atoms with Gasteiger partial charge in [-0.05, 0) is 0 Å². The molecule has 0 radical (unpaired) electrons. The van der Waals surface area contributed by atoms with Crippen LogP contribution in [0.15, 0.2) is 19.0 Å². The van der Waals surface area contributed by atoms with Crippen molar-refractivity contribution in [3.63, 3.8) is 0 Å². The summed E-state index contributed by atoms with van der Waals surface area (Å²) in [5.41, 5.74) is 1.02. The zero-order valence-electron chi connectivity index (χ0n) is 6.62. The Morgan fingerprint density at radius 2 is 2.36 bits per heavy atom. The van der Waals surface area contributed by atoms with Crippen LogP contribution in [0.3, 0.4) is 0 Å². The summed E-state index contributed by atoms with van der Waals surface area (Å²) in [7, 11) is 2.04. The van der Waals surface area contributed by atoms with Gasteiger partial charge in [0.15, 0.2) is 5.82 Å². The molecule has 0 N–H and O–H groups in total. The highest BCUT2D eigenvalue weighted by atomic mass is 15.2. The molecule has 0 fully saturated rings. The fraction of sp³-hybridized carbons (Fsp3) is 0.375. The fourth-order valence-electron chi connectivity index (χ4n) is 1.31. The highest BCUT2D eigenvalue weighted by Gasteiger charge is 2.15. The number of nitrogens with zero attached hydrogens (tertiary/aromatic N) is 3. The normalized spacial score (nSPS) is 16.8. The first-order valence-corrected chi connectivity index (χ1v) is 3.70. The van der Waals surface area contributed by atoms with Gasteiger partial charge in [0.1, 0.15) is 0 Å². The molecule has 58 valence electrons. The summed E-state index contributed by atoms with van der Waals surface area (Å²) in [6.45, 7) is 6.00. The predicted molar refractivity (Wildman–Crippen MR) is 43.9 cm³/mol. The number of imidazole rings is 1. The smallest absolute Gasteiger partial charge is 0.155 e. The van der Waals surface area contributed by atoms with Gasteiger partial charge in [0.25, 0.3) is 0 Å². The molecule has 0 aromatic carbocycles. The number of rotatable bonds is 0. The van der Waals surface area contributed by atoms with Crippen LogP contribution in [0, 0.1) is 0 Å². The van der Waals surface area contributed by atoms with Crippen molar-refractivity contribution in [2.75, 3.05) is 13.6 Å². The van der Waals surface area contributed by atoms with Gasteiger partial charge >= 0.3 is 0 Å². The Balaban J connectivity index is 2.46. The molecule has 1 aliphatic heterocycles. The topological polar surface area (TPSA) is 21.1 Å². The Hall–Kier alpha value is -1.25. The number of fused-ring (bicyclic) bond motifs is 1. The van der Waals surface area contributed by atoms with E-state index in [9.17, 15) is 0 Å². The molecule has 0 bridgehead atoms. The highest BCUT2D eigenvalue weighted by molar-refractivity contribution is 5.56. The lowest BCUT2D eigenvalue weighted by molar-refractivity contribution is 0.408. The van der Waals surface area contributed by atoms with E-state index in [0.717, 1.165) is 24.6 Å². The van der Waals surface area contributed by atoms with Crippen molar-refractivity contribution >= 4 is 5.70 Å². The molecule has 0 spiro atoms. The molecular weight excluding hydrogens is 138 g/mol. The molecule has 0 unspecified atom stereocenters. The van der Waals surface area contributed by atoms with E-state index in [1.807, 2.05) is 19.4 Å². The molecule has 0 saturated heterocycles. The van der Waals surface area contributed by atoms with Gasteiger partial charge in [-0.15, -0.1) is 0 Å². The largest absolute Gasteiger partial charge is 0.370 e. The average Bonchev–Trinajstić information content (AvgIpc) is 2.45. The average molecular weight is 149 g/mol. The molecule has 3 heteroatoms. The van der Waals surface area contributed by atoms with E-state index in [0.29, 0.717) is 0 Å². The van der Waals surface area contributed by atoms with Crippen molar-refractivity contribution in [2.45, 2.75) is 6.54 Å². The molecule has 1 aromatic heterocycles. The third kappa shape index (κ3) is 0.843. The highest BCUT2D eigenvalue weighted by Crippen LogP contribution is 2.17. The van der Waals surface area contributed by atoms with Crippen molar-refractivity contribution in [3.05, 3.63) is 24.8 Å². The summed E-state index contributed by atoms with van der Waals surface area (Å²) in [4.78, 5) is 6.34. The second kappa shape index (κ2) is 2.12. The molecule has 11 heavy (non-hydrogen) atoms. The number of hydrogen-bond donors (Lipinski definition) is 0. The van der Waals surface area contributed by atoms with Crippen molar-refractivity contribution in [1.82, 2.24) is 14.5 Å². The van der Waals surface area contributed by atoms with E-state index < -0.39 is 0 Å². The fourth-order valence-corrected chi connectivity index (χ4v) is 1.31. The Kier molecular flexibility index (Phi) is 1.24. The minimum Gasteiger partial charge on any atom is -0.370 e. The molecule has 0 atom stereocenters. The van der Waals surface area contributed by atoms with Crippen LogP contribution in [-0.2, 0) is 6.54 Å². The van der Waals surface area contributed by atoms with Gasteiger partial charge in [0, 0.05) is 32.5 Å². The maximum absolute atomic E-state index is 4.21. The van der Waals surface area contributed by atoms with E-state index in [4.69, 9.17) is 0 Å².